The first kappa shape index (κ1) is 11.1. The summed E-state index contributed by atoms with van der Waals surface area (Å²) in [6.45, 7) is 4.31. The van der Waals surface area contributed by atoms with Gasteiger partial charge in [0.2, 0.25) is 0 Å². The lowest BCUT2D eigenvalue weighted by molar-refractivity contribution is -0.122. The molecule has 0 N–H and O–H groups in total. The summed E-state index contributed by atoms with van der Waals surface area (Å²) in [5, 5.41) is 0. The second-order valence-electron chi connectivity index (χ2n) is 3.72. The summed E-state index contributed by atoms with van der Waals surface area (Å²) in [6, 6.07) is 0.475. The molecule has 13 heavy (non-hydrogen) atoms. The van der Waals surface area contributed by atoms with E-state index in [0.29, 0.717) is 11.8 Å². The summed E-state index contributed by atoms with van der Waals surface area (Å²) in [7, 11) is 0. The molecule has 1 aliphatic rings. The van der Waals surface area contributed by atoms with Gasteiger partial charge >= 0.3 is 0 Å². The third-order valence-electron chi connectivity index (χ3n) is 2.62. The molecule has 1 saturated heterocycles. The SMILES string of the molecule is CSCCCN1CCC(=O)CC1C. The highest BCUT2D eigenvalue weighted by Crippen LogP contribution is 2.14. The van der Waals surface area contributed by atoms with Gasteiger partial charge < -0.3 is 0 Å². The summed E-state index contributed by atoms with van der Waals surface area (Å²) < 4.78 is 0. The predicted molar refractivity (Wildman–Crippen MR) is 58.3 cm³/mol. The van der Waals surface area contributed by atoms with Gasteiger partial charge in [-0.3, -0.25) is 9.69 Å². The van der Waals surface area contributed by atoms with Crippen molar-refractivity contribution in [3.8, 4) is 0 Å². The molecule has 0 aromatic rings. The Morgan fingerprint density at radius 2 is 2.38 bits per heavy atom. The first-order valence-electron chi connectivity index (χ1n) is 4.98. The molecule has 1 unspecified atom stereocenters. The molecule has 1 fully saturated rings. The van der Waals surface area contributed by atoms with E-state index in [-0.39, 0.29) is 0 Å². The lowest BCUT2D eigenvalue weighted by Crippen LogP contribution is -2.41. The van der Waals surface area contributed by atoms with E-state index in [0.717, 1.165) is 25.9 Å². The zero-order valence-corrected chi connectivity index (χ0v) is 9.40. The van der Waals surface area contributed by atoms with Crippen LogP contribution in [0, 0.1) is 0 Å². The number of hydrogen-bond acceptors (Lipinski definition) is 3. The van der Waals surface area contributed by atoms with Gasteiger partial charge in [0.1, 0.15) is 5.78 Å². The highest BCUT2D eigenvalue weighted by atomic mass is 32.2. The molecular weight excluding hydrogens is 182 g/mol. The first-order valence-corrected chi connectivity index (χ1v) is 6.38. The number of hydrogen-bond donors (Lipinski definition) is 0. The third-order valence-corrected chi connectivity index (χ3v) is 3.31. The van der Waals surface area contributed by atoms with Gasteiger partial charge in [-0.25, -0.2) is 0 Å². The maximum atomic E-state index is 11.1. The van der Waals surface area contributed by atoms with Gasteiger partial charge in [0.05, 0.1) is 0 Å². The van der Waals surface area contributed by atoms with Crippen molar-refractivity contribution in [1.29, 1.82) is 0 Å². The number of piperidine rings is 1. The highest BCUT2D eigenvalue weighted by Gasteiger charge is 2.22. The van der Waals surface area contributed by atoms with Crippen LogP contribution in [0.3, 0.4) is 0 Å². The minimum Gasteiger partial charge on any atom is -0.300 e. The molecule has 0 aromatic carbocycles. The van der Waals surface area contributed by atoms with E-state index in [1.165, 1.54) is 12.2 Å². The van der Waals surface area contributed by atoms with Gasteiger partial charge in [-0.2, -0.15) is 11.8 Å². The van der Waals surface area contributed by atoms with E-state index in [1.807, 2.05) is 11.8 Å². The van der Waals surface area contributed by atoms with Crippen molar-refractivity contribution in [1.82, 2.24) is 4.90 Å². The molecule has 0 aromatic heterocycles. The van der Waals surface area contributed by atoms with Crippen LogP contribution in [0.25, 0.3) is 0 Å². The van der Waals surface area contributed by atoms with Crippen LogP contribution in [-0.4, -0.2) is 41.8 Å². The van der Waals surface area contributed by atoms with Crippen LogP contribution in [0.1, 0.15) is 26.2 Å². The zero-order chi connectivity index (χ0) is 9.68. The minimum absolute atomic E-state index is 0.439. The lowest BCUT2D eigenvalue weighted by Gasteiger charge is -2.32. The molecule has 0 saturated carbocycles. The number of ketones is 1. The smallest absolute Gasteiger partial charge is 0.135 e. The summed E-state index contributed by atoms with van der Waals surface area (Å²) in [5.74, 6) is 1.67. The molecule has 1 atom stereocenters. The quantitative estimate of drug-likeness (QED) is 0.647. The Bertz CT molecular complexity index is 172. The largest absolute Gasteiger partial charge is 0.300 e. The zero-order valence-electron chi connectivity index (χ0n) is 8.58. The van der Waals surface area contributed by atoms with E-state index >= 15 is 0 Å². The van der Waals surface area contributed by atoms with Gasteiger partial charge in [-0.05, 0) is 31.9 Å². The van der Waals surface area contributed by atoms with Crippen molar-refractivity contribution >= 4 is 17.5 Å². The number of carbonyl (C=O) groups excluding carboxylic acids is 1. The van der Waals surface area contributed by atoms with Crippen LogP contribution in [0.5, 0.6) is 0 Å². The van der Waals surface area contributed by atoms with E-state index in [1.54, 1.807) is 0 Å². The van der Waals surface area contributed by atoms with Crippen LogP contribution in [0.4, 0.5) is 0 Å². The molecule has 3 heteroatoms. The van der Waals surface area contributed by atoms with Gasteiger partial charge in [0, 0.05) is 25.4 Å². The first-order chi connectivity index (χ1) is 6.24. The van der Waals surface area contributed by atoms with E-state index < -0.39 is 0 Å². The molecule has 1 heterocycles. The van der Waals surface area contributed by atoms with Crippen molar-refractivity contribution in [2.24, 2.45) is 0 Å². The van der Waals surface area contributed by atoms with Crippen molar-refractivity contribution in [2.45, 2.75) is 32.2 Å². The minimum atomic E-state index is 0.439. The van der Waals surface area contributed by atoms with E-state index in [2.05, 4.69) is 18.1 Å². The molecular formula is C10H19NOS. The monoisotopic (exact) mass is 201 g/mol. The molecule has 0 aliphatic carbocycles. The van der Waals surface area contributed by atoms with Crippen molar-refractivity contribution in [3.05, 3.63) is 0 Å². The van der Waals surface area contributed by atoms with Crippen molar-refractivity contribution in [2.75, 3.05) is 25.1 Å². The Kier molecular flexibility index (Phi) is 4.81. The Balaban J connectivity index is 2.21. The Labute approximate surface area is 85.1 Å². The number of nitrogens with zero attached hydrogens (tertiary/aromatic N) is 1. The maximum Gasteiger partial charge on any atom is 0.135 e. The van der Waals surface area contributed by atoms with E-state index in [4.69, 9.17) is 0 Å². The van der Waals surface area contributed by atoms with Crippen LogP contribution in [0.2, 0.25) is 0 Å². The third kappa shape index (κ3) is 3.69. The molecule has 2 nitrogen and oxygen atoms in total. The van der Waals surface area contributed by atoms with Gasteiger partial charge in [-0.1, -0.05) is 0 Å². The van der Waals surface area contributed by atoms with Gasteiger partial charge in [-0.15, -0.1) is 0 Å². The fraction of sp³-hybridized carbons (Fsp3) is 0.900. The molecule has 1 rings (SSSR count). The number of likely N-dealkylation sites (tertiary alicyclic amines) is 1. The number of carbonyl (C=O) groups is 1. The molecule has 0 spiro atoms. The molecule has 0 amide bonds. The van der Waals surface area contributed by atoms with Crippen molar-refractivity contribution < 1.29 is 4.79 Å². The summed E-state index contributed by atoms with van der Waals surface area (Å²) >= 11 is 1.90. The maximum absolute atomic E-state index is 11.1. The molecule has 0 radical (unpaired) electrons. The summed E-state index contributed by atoms with van der Waals surface area (Å²) in [5.41, 5.74) is 0. The Morgan fingerprint density at radius 1 is 1.62 bits per heavy atom. The number of Topliss-reactive ketones (excluding diaryl/α,β-unsaturated/α-hetero) is 1. The van der Waals surface area contributed by atoms with Gasteiger partial charge in [0.15, 0.2) is 0 Å². The predicted octanol–water partition coefficient (Wildman–Crippen LogP) is 1.79. The Morgan fingerprint density at radius 3 is 3.00 bits per heavy atom. The second-order valence-corrected chi connectivity index (χ2v) is 4.71. The highest BCUT2D eigenvalue weighted by molar-refractivity contribution is 7.98. The number of rotatable bonds is 4. The van der Waals surface area contributed by atoms with Crippen LogP contribution < -0.4 is 0 Å². The second kappa shape index (κ2) is 5.66. The number of thioether (sulfide) groups is 1. The fourth-order valence-electron chi connectivity index (χ4n) is 1.79. The summed E-state index contributed by atoms with van der Waals surface area (Å²) in [6.07, 6.45) is 4.92. The normalized spacial score (nSPS) is 25.1. The van der Waals surface area contributed by atoms with Gasteiger partial charge in [0.25, 0.3) is 0 Å². The average molecular weight is 201 g/mol. The van der Waals surface area contributed by atoms with Crippen LogP contribution >= 0.6 is 11.8 Å². The van der Waals surface area contributed by atoms with Crippen LogP contribution in [0.15, 0.2) is 0 Å². The fourth-order valence-corrected chi connectivity index (χ4v) is 2.21. The van der Waals surface area contributed by atoms with Crippen molar-refractivity contribution in [3.63, 3.8) is 0 Å². The van der Waals surface area contributed by atoms with Crippen LogP contribution in [-0.2, 0) is 4.79 Å². The average Bonchev–Trinajstić information content (AvgIpc) is 2.09. The standard InChI is InChI=1S/C10H19NOS/c1-9-8-10(12)4-6-11(9)5-3-7-13-2/h9H,3-8H2,1-2H3. The summed E-state index contributed by atoms with van der Waals surface area (Å²) in [4.78, 5) is 13.6. The van der Waals surface area contributed by atoms with E-state index in [9.17, 15) is 4.79 Å². The molecule has 1 aliphatic heterocycles. The topological polar surface area (TPSA) is 20.3 Å². The lowest BCUT2D eigenvalue weighted by atomic mass is 10.0. The molecule has 0 bridgehead atoms. The molecule has 76 valence electrons. The Hall–Kier alpha value is -0.0200.